The van der Waals surface area contributed by atoms with E-state index in [4.69, 9.17) is 4.11 Å². The number of carbonyl (C=O) groups excluding carboxylic acids is 1. The van der Waals surface area contributed by atoms with Crippen molar-refractivity contribution in [3.8, 4) is 0 Å². The van der Waals surface area contributed by atoms with E-state index in [0.29, 0.717) is 24.7 Å². The Kier molecular flexibility index (Phi) is 2.32. The van der Waals surface area contributed by atoms with Crippen LogP contribution >= 0.6 is 0 Å². The topological polar surface area (TPSA) is 37.3 Å². The fraction of sp³-hybridized carbons (Fsp3) is 0.842. The number of ketones is 1. The SMILES string of the molecule is [2H]C([2H])([2H])[C@]12CCC(=O)C=C1CC[C@H]1[C@@H]3CC[C@H](O)[C@@]3(C)CC[C@@H]12. The van der Waals surface area contributed by atoms with Crippen LogP contribution in [-0.4, -0.2) is 17.0 Å². The van der Waals surface area contributed by atoms with Crippen LogP contribution in [0.25, 0.3) is 0 Å². The lowest BCUT2D eigenvalue weighted by Crippen LogP contribution is -2.51. The van der Waals surface area contributed by atoms with E-state index in [1.54, 1.807) is 6.08 Å². The maximum atomic E-state index is 11.9. The summed E-state index contributed by atoms with van der Waals surface area (Å²) in [7, 11) is 0. The number of hydrogen-bond acceptors (Lipinski definition) is 2. The van der Waals surface area contributed by atoms with Crippen molar-refractivity contribution in [2.45, 2.75) is 71.2 Å². The molecule has 0 radical (unpaired) electrons. The zero-order valence-electron chi connectivity index (χ0n) is 15.9. The first kappa shape index (κ1) is 11.0. The van der Waals surface area contributed by atoms with Crippen molar-refractivity contribution in [2.24, 2.45) is 28.6 Å². The molecular weight excluding hydrogens is 260 g/mol. The minimum absolute atomic E-state index is 0.0389. The summed E-state index contributed by atoms with van der Waals surface area (Å²) in [4.78, 5) is 11.9. The van der Waals surface area contributed by atoms with Crippen LogP contribution in [0.3, 0.4) is 0 Å². The number of hydrogen-bond donors (Lipinski definition) is 1. The molecule has 2 nitrogen and oxygen atoms in total. The molecule has 0 spiro atoms. The first-order valence-corrected chi connectivity index (χ1v) is 8.62. The molecule has 2 heteroatoms. The van der Waals surface area contributed by atoms with Gasteiger partial charge in [-0.25, -0.2) is 0 Å². The van der Waals surface area contributed by atoms with E-state index in [2.05, 4.69) is 6.92 Å². The van der Waals surface area contributed by atoms with Crippen molar-refractivity contribution in [2.75, 3.05) is 0 Å². The molecule has 0 aromatic heterocycles. The van der Waals surface area contributed by atoms with E-state index >= 15 is 0 Å². The van der Waals surface area contributed by atoms with Gasteiger partial charge in [-0.15, -0.1) is 0 Å². The van der Waals surface area contributed by atoms with Gasteiger partial charge < -0.3 is 5.11 Å². The molecule has 0 amide bonds. The predicted molar refractivity (Wildman–Crippen MR) is 82.7 cm³/mol. The zero-order chi connectivity index (χ0) is 17.3. The maximum absolute atomic E-state index is 11.9. The summed E-state index contributed by atoms with van der Waals surface area (Å²) in [6.45, 7) is 0.164. The molecule has 4 aliphatic rings. The van der Waals surface area contributed by atoms with Gasteiger partial charge in [-0.2, -0.15) is 0 Å². The molecule has 116 valence electrons. The second-order valence-corrected chi connectivity index (χ2v) is 8.16. The monoisotopic (exact) mass is 291 g/mol. The number of aliphatic hydroxyl groups excluding tert-OH is 1. The minimum Gasteiger partial charge on any atom is -0.393 e. The molecule has 4 rings (SSSR count). The molecule has 0 bridgehead atoms. The van der Waals surface area contributed by atoms with Gasteiger partial charge in [-0.3, -0.25) is 4.79 Å². The van der Waals surface area contributed by atoms with Crippen LogP contribution in [-0.2, 0) is 4.79 Å². The summed E-state index contributed by atoms with van der Waals surface area (Å²) in [5, 5.41) is 10.5. The van der Waals surface area contributed by atoms with Gasteiger partial charge in [0.2, 0.25) is 0 Å². The van der Waals surface area contributed by atoms with E-state index in [0.717, 1.165) is 44.1 Å². The second kappa shape index (κ2) is 4.44. The van der Waals surface area contributed by atoms with E-state index in [1.165, 1.54) is 0 Å². The summed E-state index contributed by atoms with van der Waals surface area (Å²) >= 11 is 0. The highest BCUT2D eigenvalue weighted by atomic mass is 16.3. The Morgan fingerprint density at radius 1 is 1.19 bits per heavy atom. The van der Waals surface area contributed by atoms with Crippen molar-refractivity contribution in [3.63, 3.8) is 0 Å². The van der Waals surface area contributed by atoms with Gasteiger partial charge >= 0.3 is 0 Å². The van der Waals surface area contributed by atoms with Gasteiger partial charge in [0, 0.05) is 10.5 Å². The van der Waals surface area contributed by atoms with Gasteiger partial charge in [-0.1, -0.05) is 19.3 Å². The molecular formula is C19H28O2. The predicted octanol–water partition coefficient (Wildman–Crippen LogP) is 3.88. The lowest BCUT2D eigenvalue weighted by molar-refractivity contribution is -0.118. The summed E-state index contributed by atoms with van der Waals surface area (Å²) in [5.74, 6) is 1.05. The van der Waals surface area contributed by atoms with Gasteiger partial charge in [0.25, 0.3) is 0 Å². The summed E-state index contributed by atoms with van der Waals surface area (Å²) in [6, 6.07) is 0. The highest BCUT2D eigenvalue weighted by Gasteiger charge is 2.58. The Hall–Kier alpha value is -0.630. The molecule has 0 aliphatic heterocycles. The number of aliphatic hydroxyl groups is 1. The number of rotatable bonds is 0. The quantitative estimate of drug-likeness (QED) is 0.735. The molecule has 4 aliphatic carbocycles. The second-order valence-electron chi connectivity index (χ2n) is 8.16. The average molecular weight is 291 g/mol. The van der Waals surface area contributed by atoms with Crippen LogP contribution in [0.1, 0.15) is 69.3 Å². The smallest absolute Gasteiger partial charge is 0.155 e. The largest absolute Gasteiger partial charge is 0.393 e. The van der Waals surface area contributed by atoms with E-state index in [-0.39, 0.29) is 23.2 Å². The third kappa shape index (κ3) is 1.78. The lowest BCUT2D eigenvalue weighted by Gasteiger charge is -2.57. The fourth-order valence-electron chi connectivity index (χ4n) is 6.19. The van der Waals surface area contributed by atoms with E-state index < -0.39 is 12.3 Å². The number of fused-ring (bicyclic) bond motifs is 5. The standard InChI is InChI=1S/C19H28O2/c1-18-9-7-13(20)11-12(18)3-4-14-15-5-6-17(21)19(15,2)10-8-16(14)18/h11,14-17,21H,3-10H2,1-2H3/t14-,15-,16-,17-,18-,19-/m0/s1/i1D3. The van der Waals surface area contributed by atoms with Crippen LogP contribution in [0.2, 0.25) is 0 Å². The summed E-state index contributed by atoms with van der Waals surface area (Å²) in [5.41, 5.74) is 0.0729. The third-order valence-electron chi connectivity index (χ3n) is 7.44. The fourth-order valence-corrected chi connectivity index (χ4v) is 6.19. The van der Waals surface area contributed by atoms with Crippen molar-refractivity contribution in [3.05, 3.63) is 11.6 Å². The molecule has 3 saturated carbocycles. The van der Waals surface area contributed by atoms with E-state index in [9.17, 15) is 9.90 Å². The van der Waals surface area contributed by atoms with Crippen LogP contribution in [0.5, 0.6) is 0 Å². The van der Waals surface area contributed by atoms with Gasteiger partial charge in [0.15, 0.2) is 5.78 Å². The Morgan fingerprint density at radius 2 is 2.05 bits per heavy atom. The molecule has 0 unspecified atom stereocenters. The molecule has 6 atom stereocenters. The van der Waals surface area contributed by atoms with Crippen molar-refractivity contribution >= 4 is 5.78 Å². The molecule has 0 heterocycles. The Morgan fingerprint density at radius 3 is 2.86 bits per heavy atom. The first-order chi connectivity index (χ1) is 11.2. The molecule has 21 heavy (non-hydrogen) atoms. The lowest BCUT2D eigenvalue weighted by atomic mass is 9.47. The third-order valence-corrected chi connectivity index (χ3v) is 7.44. The average Bonchev–Trinajstić information content (AvgIpc) is 2.81. The normalized spacial score (nSPS) is 55.4. The van der Waals surface area contributed by atoms with Crippen molar-refractivity contribution < 1.29 is 14.0 Å². The zero-order valence-corrected chi connectivity index (χ0v) is 12.9. The molecule has 0 aromatic rings. The number of carbonyl (C=O) groups is 1. The Balaban J connectivity index is 1.78. The minimum atomic E-state index is -2.05. The van der Waals surface area contributed by atoms with Crippen molar-refractivity contribution in [1.29, 1.82) is 0 Å². The van der Waals surface area contributed by atoms with Gasteiger partial charge in [0.05, 0.1) is 6.10 Å². The maximum Gasteiger partial charge on any atom is 0.155 e. The van der Waals surface area contributed by atoms with Gasteiger partial charge in [-0.05, 0) is 79.6 Å². The van der Waals surface area contributed by atoms with E-state index in [1.807, 2.05) is 0 Å². The van der Waals surface area contributed by atoms with Crippen LogP contribution < -0.4 is 0 Å². The van der Waals surface area contributed by atoms with Crippen LogP contribution in [0.15, 0.2) is 11.6 Å². The Labute approximate surface area is 132 Å². The first-order valence-electron chi connectivity index (χ1n) is 10.1. The molecule has 0 aromatic carbocycles. The highest BCUT2D eigenvalue weighted by molar-refractivity contribution is 5.91. The van der Waals surface area contributed by atoms with Crippen molar-refractivity contribution in [1.82, 2.24) is 0 Å². The van der Waals surface area contributed by atoms with Crippen LogP contribution in [0.4, 0.5) is 0 Å². The number of allylic oxidation sites excluding steroid dienone is 1. The highest BCUT2D eigenvalue weighted by Crippen LogP contribution is 2.65. The molecule has 0 saturated heterocycles. The molecule has 3 fully saturated rings. The Bertz CT molecular complexity index is 596. The van der Waals surface area contributed by atoms with Gasteiger partial charge in [0.1, 0.15) is 0 Å². The van der Waals surface area contributed by atoms with Crippen LogP contribution in [0, 0.1) is 28.6 Å². The summed E-state index contributed by atoms with van der Waals surface area (Å²) in [6.07, 6.45) is 7.68. The molecule has 1 N–H and O–H groups in total. The summed E-state index contributed by atoms with van der Waals surface area (Å²) < 4.78 is 25.0.